The predicted molar refractivity (Wildman–Crippen MR) is 80.5 cm³/mol. The van der Waals surface area contributed by atoms with Crippen LogP contribution in [-0.4, -0.2) is 29.2 Å². The molecule has 10 heteroatoms. The fourth-order valence-corrected chi connectivity index (χ4v) is 1.85. The van der Waals surface area contributed by atoms with E-state index in [4.69, 9.17) is 11.5 Å². The van der Waals surface area contributed by atoms with Gasteiger partial charge in [0.1, 0.15) is 0 Å². The molecule has 6 N–H and O–H groups in total. The second kappa shape index (κ2) is 5.09. The molecule has 4 rings (SSSR count). The SMILES string of the molecule is Nc1c[nH]n2c(=O)ccnc12.Nc1cnn2ccc(=O)[nH]c12. The number of fused-ring (bicyclic) bond motifs is 2. The number of nitrogens with one attached hydrogen (secondary N) is 2. The minimum atomic E-state index is -0.176. The normalized spacial score (nSPS) is 10.5. The molecule has 0 aliphatic heterocycles. The van der Waals surface area contributed by atoms with Crippen LogP contribution in [0, 0.1) is 0 Å². The minimum Gasteiger partial charge on any atom is -0.394 e. The molecule has 0 aromatic carbocycles. The molecule has 0 atom stereocenters. The van der Waals surface area contributed by atoms with Crippen LogP contribution in [0.3, 0.4) is 0 Å². The average molecular weight is 300 g/mol. The van der Waals surface area contributed by atoms with Crippen LogP contribution in [-0.2, 0) is 0 Å². The highest BCUT2D eigenvalue weighted by Gasteiger charge is 2.00. The third-order valence-corrected chi connectivity index (χ3v) is 2.89. The maximum absolute atomic E-state index is 11.0. The standard InChI is InChI=1S/2C6H6N4O/c7-4-3-8-10-2-1-5(11)9-6(4)10;7-4-3-9-10-5(11)1-2-8-6(4)10/h1-3H,7H2,(H,9,11);1-3,9H,7H2. The molecule has 112 valence electrons. The number of H-pyrrole nitrogens is 2. The Balaban J connectivity index is 0.000000131. The smallest absolute Gasteiger partial charge is 0.272 e. The average Bonchev–Trinajstić information content (AvgIpc) is 3.06. The van der Waals surface area contributed by atoms with Gasteiger partial charge in [-0.25, -0.2) is 9.50 Å². The monoisotopic (exact) mass is 300 g/mol. The molecule has 0 aliphatic rings. The van der Waals surface area contributed by atoms with E-state index in [1.54, 1.807) is 6.20 Å². The van der Waals surface area contributed by atoms with Gasteiger partial charge in [-0.2, -0.15) is 9.61 Å². The summed E-state index contributed by atoms with van der Waals surface area (Å²) in [6.07, 6.45) is 6.02. The summed E-state index contributed by atoms with van der Waals surface area (Å²) in [6.45, 7) is 0. The zero-order valence-corrected chi connectivity index (χ0v) is 11.2. The van der Waals surface area contributed by atoms with Crippen LogP contribution in [0.1, 0.15) is 0 Å². The van der Waals surface area contributed by atoms with Crippen LogP contribution in [0.4, 0.5) is 11.4 Å². The third kappa shape index (κ3) is 2.28. The third-order valence-electron chi connectivity index (χ3n) is 2.89. The second-order valence-corrected chi connectivity index (χ2v) is 4.37. The number of nitrogens with zero attached hydrogens (tertiary/aromatic N) is 4. The summed E-state index contributed by atoms with van der Waals surface area (Å²) in [7, 11) is 0. The first-order valence-corrected chi connectivity index (χ1v) is 6.19. The van der Waals surface area contributed by atoms with E-state index in [0.717, 1.165) is 0 Å². The van der Waals surface area contributed by atoms with Gasteiger partial charge in [0, 0.05) is 30.7 Å². The van der Waals surface area contributed by atoms with Crippen molar-refractivity contribution in [2.24, 2.45) is 0 Å². The lowest BCUT2D eigenvalue weighted by molar-refractivity contribution is 0.899. The van der Waals surface area contributed by atoms with Gasteiger partial charge in [-0.3, -0.25) is 14.7 Å². The molecule has 4 aromatic rings. The van der Waals surface area contributed by atoms with Crippen molar-refractivity contribution in [2.45, 2.75) is 0 Å². The van der Waals surface area contributed by atoms with E-state index in [0.29, 0.717) is 22.7 Å². The Hall–Kier alpha value is -3.56. The number of nitrogen functional groups attached to an aromatic ring is 2. The van der Waals surface area contributed by atoms with Crippen molar-refractivity contribution >= 4 is 22.7 Å². The maximum Gasteiger partial charge on any atom is 0.272 e. The zero-order valence-electron chi connectivity index (χ0n) is 11.2. The van der Waals surface area contributed by atoms with Gasteiger partial charge in [-0.05, 0) is 0 Å². The van der Waals surface area contributed by atoms with Crippen LogP contribution in [0.2, 0.25) is 0 Å². The summed E-state index contributed by atoms with van der Waals surface area (Å²) >= 11 is 0. The molecule has 22 heavy (non-hydrogen) atoms. The molecule has 4 heterocycles. The highest BCUT2D eigenvalue weighted by molar-refractivity contribution is 5.63. The van der Waals surface area contributed by atoms with E-state index in [-0.39, 0.29) is 11.1 Å². The minimum absolute atomic E-state index is 0.160. The Bertz CT molecular complexity index is 1050. The van der Waals surface area contributed by atoms with E-state index in [1.165, 1.54) is 39.8 Å². The molecule has 0 fully saturated rings. The van der Waals surface area contributed by atoms with Crippen molar-refractivity contribution < 1.29 is 0 Å². The lowest BCUT2D eigenvalue weighted by Crippen LogP contribution is -2.12. The molecule has 0 unspecified atom stereocenters. The summed E-state index contributed by atoms with van der Waals surface area (Å²) in [4.78, 5) is 28.3. The number of aromatic nitrogens is 6. The van der Waals surface area contributed by atoms with Gasteiger partial charge >= 0.3 is 0 Å². The van der Waals surface area contributed by atoms with Crippen molar-refractivity contribution in [3.8, 4) is 0 Å². The largest absolute Gasteiger partial charge is 0.394 e. The summed E-state index contributed by atoms with van der Waals surface area (Å²) in [6, 6.07) is 2.75. The van der Waals surface area contributed by atoms with Gasteiger partial charge < -0.3 is 16.5 Å². The Labute approximate surface area is 122 Å². The summed E-state index contributed by atoms with van der Waals surface area (Å²) in [5.74, 6) is 0. The van der Waals surface area contributed by atoms with Crippen molar-refractivity contribution in [1.29, 1.82) is 0 Å². The molecule has 0 radical (unpaired) electrons. The van der Waals surface area contributed by atoms with Crippen LogP contribution < -0.4 is 22.6 Å². The molecule has 0 saturated heterocycles. The summed E-state index contributed by atoms with van der Waals surface area (Å²) in [5.41, 5.74) is 12.6. The number of hydrogen-bond donors (Lipinski definition) is 4. The van der Waals surface area contributed by atoms with Crippen molar-refractivity contribution in [1.82, 2.24) is 29.2 Å². The number of nitrogens with two attached hydrogens (primary N) is 2. The molecule has 4 aromatic heterocycles. The van der Waals surface area contributed by atoms with Crippen LogP contribution >= 0.6 is 0 Å². The molecule has 0 saturated carbocycles. The lowest BCUT2D eigenvalue weighted by Gasteiger charge is -1.90. The predicted octanol–water partition coefficient (Wildman–Crippen LogP) is -0.790. The maximum atomic E-state index is 11.0. The summed E-state index contributed by atoms with van der Waals surface area (Å²) in [5, 5.41) is 6.55. The highest BCUT2D eigenvalue weighted by atomic mass is 16.1. The van der Waals surface area contributed by atoms with Crippen LogP contribution in [0.5, 0.6) is 0 Å². The number of hydrogen-bond acceptors (Lipinski definition) is 6. The Morgan fingerprint density at radius 3 is 2.73 bits per heavy atom. The molecule has 0 aliphatic carbocycles. The fourth-order valence-electron chi connectivity index (χ4n) is 1.85. The van der Waals surface area contributed by atoms with Gasteiger partial charge in [0.05, 0.1) is 17.6 Å². The molecule has 0 amide bonds. The number of rotatable bonds is 0. The quantitative estimate of drug-likeness (QED) is 0.334. The van der Waals surface area contributed by atoms with Gasteiger partial charge in [0.2, 0.25) is 0 Å². The van der Waals surface area contributed by atoms with E-state index < -0.39 is 0 Å². The Morgan fingerprint density at radius 2 is 1.95 bits per heavy atom. The molecule has 10 nitrogen and oxygen atoms in total. The first-order chi connectivity index (χ1) is 10.6. The van der Waals surface area contributed by atoms with Crippen LogP contribution in [0.15, 0.2) is 46.5 Å². The molecular weight excluding hydrogens is 288 g/mol. The van der Waals surface area contributed by atoms with E-state index in [9.17, 15) is 9.59 Å². The van der Waals surface area contributed by atoms with E-state index in [2.05, 4.69) is 20.2 Å². The Kier molecular flexibility index (Phi) is 3.10. The van der Waals surface area contributed by atoms with Crippen LogP contribution in [0.25, 0.3) is 11.3 Å². The Morgan fingerprint density at radius 1 is 1.14 bits per heavy atom. The summed E-state index contributed by atoms with van der Waals surface area (Å²) < 4.78 is 2.80. The highest BCUT2D eigenvalue weighted by Crippen LogP contribution is 2.05. The van der Waals surface area contributed by atoms with Crippen molar-refractivity contribution in [3.05, 3.63) is 57.6 Å². The molecular formula is C12H12N8O2. The number of aromatic amines is 2. The van der Waals surface area contributed by atoms with Gasteiger partial charge in [-0.1, -0.05) is 0 Å². The molecule has 0 bridgehead atoms. The zero-order chi connectivity index (χ0) is 15.7. The fraction of sp³-hybridized carbons (Fsp3) is 0. The van der Waals surface area contributed by atoms with Gasteiger partial charge in [0.25, 0.3) is 11.1 Å². The molecule has 0 spiro atoms. The van der Waals surface area contributed by atoms with Crippen molar-refractivity contribution in [2.75, 3.05) is 11.5 Å². The van der Waals surface area contributed by atoms with E-state index >= 15 is 0 Å². The first-order valence-electron chi connectivity index (χ1n) is 6.19. The lowest BCUT2D eigenvalue weighted by atomic mass is 10.5. The van der Waals surface area contributed by atoms with Gasteiger partial charge in [-0.15, -0.1) is 0 Å². The topological polar surface area (TPSA) is 152 Å². The van der Waals surface area contributed by atoms with Gasteiger partial charge in [0.15, 0.2) is 11.3 Å². The number of anilines is 2. The second-order valence-electron chi connectivity index (χ2n) is 4.37. The first kappa shape index (κ1) is 13.4. The van der Waals surface area contributed by atoms with E-state index in [1.807, 2.05) is 0 Å². The van der Waals surface area contributed by atoms with Crippen molar-refractivity contribution in [3.63, 3.8) is 0 Å².